The van der Waals surface area contributed by atoms with Crippen LogP contribution in [0.15, 0.2) is 176 Å². The first kappa shape index (κ1) is 30.4. The predicted molar refractivity (Wildman–Crippen MR) is 232 cm³/mol. The van der Waals surface area contributed by atoms with E-state index < -0.39 is 0 Å². The molecule has 6 aromatic heterocycles. The third-order valence-corrected chi connectivity index (χ3v) is 11.7. The molecule has 13 aromatic rings. The average molecular weight is 728 g/mol. The molecule has 0 spiro atoms. The van der Waals surface area contributed by atoms with Gasteiger partial charge in [-0.1, -0.05) is 115 Å². The Morgan fingerprint density at radius 2 is 0.754 bits per heavy atom. The number of hydrogen-bond acceptors (Lipinski definition) is 4. The van der Waals surface area contributed by atoms with Gasteiger partial charge in [0, 0.05) is 54.9 Å². The SMILES string of the molecule is c1ccc2c(c1)c1ccccc1n2-c1nc(-c2ccc(-c3cc4c5ccccc5n5c6ncccc6c(c3)c45)cc2)nc(-n2c3ccccc3c3ccccc32)n1. The standard InChI is InChI=1S/C50H29N7/c1-6-18-41-33(12-1)34-13-2-7-19-42(34)55(41)49-52-47(53-50(54-49)56-43-20-8-3-14-35(43)36-15-4-9-21-44(36)56)31-25-23-30(24-26-31)32-28-39-37-16-5-10-22-45(37)57-46(39)40(29-32)38-17-11-27-51-48(38)57/h1-29H. The molecular formula is C50H29N7. The molecule has 7 heteroatoms. The zero-order valence-corrected chi connectivity index (χ0v) is 30.4. The van der Waals surface area contributed by atoms with Crippen LogP contribution in [0.4, 0.5) is 0 Å². The van der Waals surface area contributed by atoms with Crippen molar-refractivity contribution in [2.24, 2.45) is 0 Å². The second kappa shape index (κ2) is 11.3. The van der Waals surface area contributed by atoms with Gasteiger partial charge in [0.1, 0.15) is 5.65 Å². The molecule has 0 radical (unpaired) electrons. The topological polar surface area (TPSA) is 65.8 Å². The van der Waals surface area contributed by atoms with E-state index in [1.54, 1.807) is 0 Å². The average Bonchev–Trinajstić information content (AvgIpc) is 4.01. The number of para-hydroxylation sites is 5. The van der Waals surface area contributed by atoms with Crippen LogP contribution in [0.1, 0.15) is 0 Å². The largest absolute Gasteiger partial charge is 0.293 e. The molecule has 0 amide bonds. The van der Waals surface area contributed by atoms with Gasteiger partial charge in [-0.05, 0) is 65.7 Å². The van der Waals surface area contributed by atoms with Crippen molar-refractivity contribution in [1.82, 2.24) is 33.5 Å². The number of nitrogens with zero attached hydrogens (tertiary/aromatic N) is 7. The normalized spacial score (nSPS) is 12.2. The molecule has 264 valence electrons. The second-order valence-corrected chi connectivity index (χ2v) is 14.7. The molecule has 7 nitrogen and oxygen atoms in total. The highest BCUT2D eigenvalue weighted by Crippen LogP contribution is 2.41. The Hall–Kier alpha value is -7.90. The van der Waals surface area contributed by atoms with Crippen LogP contribution in [0.5, 0.6) is 0 Å². The van der Waals surface area contributed by atoms with E-state index in [0.717, 1.165) is 71.3 Å². The Morgan fingerprint density at radius 1 is 0.333 bits per heavy atom. The number of hydrogen-bond donors (Lipinski definition) is 0. The van der Waals surface area contributed by atoms with Gasteiger partial charge in [0.05, 0.1) is 33.1 Å². The summed E-state index contributed by atoms with van der Waals surface area (Å²) in [5, 5.41) is 9.42. The zero-order valence-electron chi connectivity index (χ0n) is 30.4. The quantitative estimate of drug-likeness (QED) is 0.181. The highest BCUT2D eigenvalue weighted by Gasteiger charge is 2.22. The first-order valence-corrected chi connectivity index (χ1v) is 19.2. The minimum atomic E-state index is 0.565. The molecule has 0 saturated carbocycles. The van der Waals surface area contributed by atoms with Gasteiger partial charge in [0.2, 0.25) is 11.9 Å². The molecule has 57 heavy (non-hydrogen) atoms. The highest BCUT2D eigenvalue weighted by atomic mass is 15.3. The van der Waals surface area contributed by atoms with Crippen molar-refractivity contribution < 1.29 is 0 Å². The summed E-state index contributed by atoms with van der Waals surface area (Å²) in [5.74, 6) is 1.73. The zero-order chi connectivity index (χ0) is 37.2. The number of pyridine rings is 1. The predicted octanol–water partition coefficient (Wildman–Crippen LogP) is 11.9. The van der Waals surface area contributed by atoms with E-state index in [4.69, 9.17) is 19.9 Å². The summed E-state index contributed by atoms with van der Waals surface area (Å²) in [4.78, 5) is 20.7. The Kier molecular flexibility index (Phi) is 6.04. The van der Waals surface area contributed by atoms with Crippen molar-refractivity contribution in [3.8, 4) is 34.4 Å². The monoisotopic (exact) mass is 727 g/mol. The highest BCUT2D eigenvalue weighted by molar-refractivity contribution is 6.24. The van der Waals surface area contributed by atoms with Gasteiger partial charge < -0.3 is 0 Å². The van der Waals surface area contributed by atoms with Gasteiger partial charge in [-0.3, -0.25) is 13.5 Å². The van der Waals surface area contributed by atoms with Crippen molar-refractivity contribution in [2.45, 2.75) is 0 Å². The van der Waals surface area contributed by atoms with Gasteiger partial charge in [-0.25, -0.2) is 4.98 Å². The van der Waals surface area contributed by atoms with Crippen molar-refractivity contribution >= 4 is 81.8 Å². The van der Waals surface area contributed by atoms with Crippen LogP contribution in [0.3, 0.4) is 0 Å². The minimum absolute atomic E-state index is 0.565. The van der Waals surface area contributed by atoms with E-state index in [1.807, 2.05) is 12.3 Å². The third kappa shape index (κ3) is 4.20. The fraction of sp³-hybridized carbons (Fsp3) is 0. The first-order chi connectivity index (χ1) is 28.3. The Morgan fingerprint density at radius 3 is 1.28 bits per heavy atom. The fourth-order valence-corrected chi connectivity index (χ4v) is 9.25. The second-order valence-electron chi connectivity index (χ2n) is 14.7. The summed E-state index contributed by atoms with van der Waals surface area (Å²) in [6, 6.07) is 60.0. The molecule has 0 N–H and O–H groups in total. The third-order valence-electron chi connectivity index (χ3n) is 11.7. The molecule has 0 aliphatic carbocycles. The lowest BCUT2D eigenvalue weighted by Crippen LogP contribution is -2.10. The smallest absolute Gasteiger partial charge is 0.240 e. The molecule has 0 fully saturated rings. The maximum atomic E-state index is 5.30. The van der Waals surface area contributed by atoms with E-state index in [9.17, 15) is 0 Å². The summed E-state index contributed by atoms with van der Waals surface area (Å²) >= 11 is 0. The molecule has 0 unspecified atom stereocenters. The summed E-state index contributed by atoms with van der Waals surface area (Å²) in [7, 11) is 0. The van der Waals surface area contributed by atoms with Crippen LogP contribution in [0, 0.1) is 0 Å². The summed E-state index contributed by atoms with van der Waals surface area (Å²) in [6.07, 6.45) is 1.88. The maximum Gasteiger partial charge on any atom is 0.240 e. The summed E-state index contributed by atoms with van der Waals surface area (Å²) < 4.78 is 6.65. The van der Waals surface area contributed by atoms with E-state index in [2.05, 4.69) is 177 Å². The lowest BCUT2D eigenvalue weighted by atomic mass is 9.99. The number of fused-ring (bicyclic) bond motifs is 12. The van der Waals surface area contributed by atoms with Gasteiger partial charge in [-0.15, -0.1) is 0 Å². The van der Waals surface area contributed by atoms with E-state index in [1.165, 1.54) is 27.2 Å². The van der Waals surface area contributed by atoms with Crippen molar-refractivity contribution in [3.63, 3.8) is 0 Å². The molecule has 13 rings (SSSR count). The number of benzene rings is 7. The van der Waals surface area contributed by atoms with Gasteiger partial charge in [0.15, 0.2) is 5.82 Å². The molecule has 0 saturated heterocycles. The van der Waals surface area contributed by atoms with E-state index >= 15 is 0 Å². The number of aromatic nitrogens is 7. The molecular weight excluding hydrogens is 699 g/mol. The van der Waals surface area contributed by atoms with Crippen LogP contribution >= 0.6 is 0 Å². The Balaban J connectivity index is 1.03. The molecule has 0 atom stereocenters. The van der Waals surface area contributed by atoms with Crippen molar-refractivity contribution in [2.75, 3.05) is 0 Å². The van der Waals surface area contributed by atoms with Crippen molar-refractivity contribution in [1.29, 1.82) is 0 Å². The van der Waals surface area contributed by atoms with Crippen LogP contribution in [-0.4, -0.2) is 33.5 Å². The van der Waals surface area contributed by atoms with Crippen molar-refractivity contribution in [3.05, 3.63) is 176 Å². The van der Waals surface area contributed by atoms with E-state index in [-0.39, 0.29) is 0 Å². The Bertz CT molecular complexity index is 3430. The summed E-state index contributed by atoms with van der Waals surface area (Å²) in [5.41, 5.74) is 10.7. The molecule has 0 bridgehead atoms. The van der Waals surface area contributed by atoms with Gasteiger partial charge in [0.25, 0.3) is 0 Å². The molecule has 0 aliphatic heterocycles. The van der Waals surface area contributed by atoms with Gasteiger partial charge in [-0.2, -0.15) is 15.0 Å². The Labute approximate surface area is 324 Å². The lowest BCUT2D eigenvalue weighted by molar-refractivity contribution is 0.893. The molecule has 0 aliphatic rings. The first-order valence-electron chi connectivity index (χ1n) is 19.2. The van der Waals surface area contributed by atoms with Crippen LogP contribution in [-0.2, 0) is 0 Å². The lowest BCUT2D eigenvalue weighted by Gasteiger charge is -2.13. The van der Waals surface area contributed by atoms with Gasteiger partial charge >= 0.3 is 0 Å². The summed E-state index contributed by atoms with van der Waals surface area (Å²) in [6.45, 7) is 0. The fourth-order valence-electron chi connectivity index (χ4n) is 9.25. The molecule has 6 heterocycles. The maximum absolute atomic E-state index is 5.30. The van der Waals surface area contributed by atoms with Crippen LogP contribution < -0.4 is 0 Å². The van der Waals surface area contributed by atoms with Crippen LogP contribution in [0.2, 0.25) is 0 Å². The number of rotatable bonds is 4. The van der Waals surface area contributed by atoms with E-state index in [0.29, 0.717) is 17.7 Å². The molecule has 7 aromatic carbocycles. The minimum Gasteiger partial charge on any atom is -0.293 e. The van der Waals surface area contributed by atoms with Crippen LogP contribution in [0.25, 0.3) is 116 Å².